The van der Waals surface area contributed by atoms with Gasteiger partial charge in [0, 0.05) is 33.2 Å². The summed E-state index contributed by atoms with van der Waals surface area (Å²) in [6.45, 7) is 5.73. The smallest absolute Gasteiger partial charge is 0.227 e. The van der Waals surface area contributed by atoms with Crippen molar-refractivity contribution < 1.29 is 4.79 Å². The number of amides is 1. The third-order valence-corrected chi connectivity index (χ3v) is 6.46. The van der Waals surface area contributed by atoms with Gasteiger partial charge in [0.2, 0.25) is 5.91 Å². The lowest BCUT2D eigenvalue weighted by Gasteiger charge is -2.36. The van der Waals surface area contributed by atoms with Gasteiger partial charge < -0.3 is 9.80 Å². The summed E-state index contributed by atoms with van der Waals surface area (Å²) in [7, 11) is 1.94. The highest BCUT2D eigenvalue weighted by atomic mass is 32.1. The van der Waals surface area contributed by atoms with E-state index in [1.165, 1.54) is 6.42 Å². The molecule has 2 aliphatic heterocycles. The van der Waals surface area contributed by atoms with Gasteiger partial charge in [-0.25, -0.2) is 9.67 Å². The van der Waals surface area contributed by atoms with E-state index < -0.39 is 0 Å². The molecule has 0 unspecified atom stereocenters. The van der Waals surface area contributed by atoms with Crippen molar-refractivity contribution in [1.82, 2.24) is 19.7 Å². The molecule has 1 amide bonds. The fourth-order valence-corrected chi connectivity index (χ4v) is 5.00. The topological polar surface area (TPSA) is 54.3 Å². The number of fused-ring (bicyclic) bond motifs is 1. The second-order valence-electron chi connectivity index (χ2n) is 7.03. The number of nitrogens with zero attached hydrogens (tertiary/aromatic N) is 5. The molecule has 0 spiro atoms. The molecule has 7 heteroatoms. The molecular weight excluding hydrogens is 322 g/mol. The number of likely N-dealkylation sites (tertiary alicyclic amines) is 1. The lowest BCUT2D eigenvalue weighted by Crippen LogP contribution is -2.46. The van der Waals surface area contributed by atoms with E-state index in [0.29, 0.717) is 5.91 Å². The number of hydrogen-bond donors (Lipinski definition) is 0. The zero-order valence-electron chi connectivity index (χ0n) is 14.5. The quantitative estimate of drug-likeness (QED) is 0.838. The zero-order chi connectivity index (χ0) is 16.7. The largest absolute Gasteiger partial charge is 0.347 e. The fourth-order valence-electron chi connectivity index (χ4n) is 3.93. The van der Waals surface area contributed by atoms with Gasteiger partial charge in [0.1, 0.15) is 0 Å². The number of aromatic nitrogens is 3. The van der Waals surface area contributed by atoms with Crippen LogP contribution in [0.1, 0.15) is 37.8 Å². The molecule has 0 aromatic carbocycles. The van der Waals surface area contributed by atoms with Crippen LogP contribution < -0.4 is 4.90 Å². The van der Waals surface area contributed by atoms with Crippen LogP contribution in [0, 0.1) is 12.8 Å². The van der Waals surface area contributed by atoms with Gasteiger partial charge >= 0.3 is 0 Å². The Labute approximate surface area is 146 Å². The van der Waals surface area contributed by atoms with Crippen LogP contribution in [-0.4, -0.2) is 51.8 Å². The third-order valence-electron chi connectivity index (χ3n) is 5.24. The molecular formula is C17H25N5OS. The second-order valence-corrected chi connectivity index (χ2v) is 8.01. The van der Waals surface area contributed by atoms with Crippen LogP contribution in [0.25, 0.3) is 10.3 Å². The number of thiazole rings is 1. The summed E-state index contributed by atoms with van der Waals surface area (Å²) in [5, 5.41) is 5.47. The van der Waals surface area contributed by atoms with E-state index in [4.69, 9.17) is 4.98 Å². The van der Waals surface area contributed by atoms with E-state index in [1.807, 2.05) is 18.7 Å². The number of anilines is 1. The standard InChI is InChI=1S/C17H25N5OS/c1-12-14-15(20(2)19-12)18-17(24-14)22-10-6-7-13(11-22)16(23)21-8-4-3-5-9-21/h13H,3-11H2,1-2H3/t13-/m0/s1. The molecule has 2 aromatic heterocycles. The first-order chi connectivity index (χ1) is 11.6. The van der Waals surface area contributed by atoms with E-state index in [-0.39, 0.29) is 5.92 Å². The summed E-state index contributed by atoms with van der Waals surface area (Å²) in [4.78, 5) is 22.0. The Bertz CT molecular complexity index is 711. The summed E-state index contributed by atoms with van der Waals surface area (Å²) in [5.41, 5.74) is 1.99. The molecule has 0 saturated carbocycles. The van der Waals surface area contributed by atoms with E-state index in [1.54, 1.807) is 11.3 Å². The lowest BCUT2D eigenvalue weighted by atomic mass is 9.96. The average Bonchev–Trinajstić information content (AvgIpc) is 3.17. The van der Waals surface area contributed by atoms with Gasteiger partial charge in [-0.2, -0.15) is 5.10 Å². The van der Waals surface area contributed by atoms with Gasteiger partial charge in [0.25, 0.3) is 0 Å². The number of rotatable bonds is 2. The molecule has 0 radical (unpaired) electrons. The van der Waals surface area contributed by atoms with Gasteiger partial charge in [-0.1, -0.05) is 11.3 Å². The number of aryl methyl sites for hydroxylation is 2. The van der Waals surface area contributed by atoms with E-state index in [0.717, 1.165) is 73.0 Å². The van der Waals surface area contributed by atoms with Crippen LogP contribution in [0.4, 0.5) is 5.13 Å². The van der Waals surface area contributed by atoms with Crippen LogP contribution in [0.5, 0.6) is 0 Å². The Morgan fingerprint density at radius 3 is 2.71 bits per heavy atom. The highest BCUT2D eigenvalue weighted by Crippen LogP contribution is 2.33. The predicted molar refractivity (Wildman–Crippen MR) is 96.5 cm³/mol. The molecule has 0 N–H and O–H groups in total. The normalized spacial score (nSPS) is 22.3. The lowest BCUT2D eigenvalue weighted by molar-refractivity contribution is -0.136. The van der Waals surface area contributed by atoms with Crippen LogP contribution in [0.15, 0.2) is 0 Å². The maximum Gasteiger partial charge on any atom is 0.227 e. The van der Waals surface area contributed by atoms with Crippen LogP contribution >= 0.6 is 11.3 Å². The van der Waals surface area contributed by atoms with E-state index >= 15 is 0 Å². The van der Waals surface area contributed by atoms with E-state index in [2.05, 4.69) is 14.9 Å². The number of carbonyl (C=O) groups is 1. The van der Waals surface area contributed by atoms with Crippen LogP contribution in [0.2, 0.25) is 0 Å². The number of carbonyl (C=O) groups excluding carboxylic acids is 1. The molecule has 4 rings (SSSR count). The maximum absolute atomic E-state index is 12.8. The maximum atomic E-state index is 12.8. The first-order valence-corrected chi connectivity index (χ1v) is 9.79. The summed E-state index contributed by atoms with van der Waals surface area (Å²) in [6.07, 6.45) is 5.66. The van der Waals surface area contributed by atoms with Crippen molar-refractivity contribution in [3.63, 3.8) is 0 Å². The zero-order valence-corrected chi connectivity index (χ0v) is 15.3. The highest BCUT2D eigenvalue weighted by Gasteiger charge is 2.31. The molecule has 2 saturated heterocycles. The van der Waals surface area contributed by atoms with Gasteiger partial charge in [0.05, 0.1) is 16.3 Å². The van der Waals surface area contributed by atoms with Crippen LogP contribution in [-0.2, 0) is 11.8 Å². The Hall–Kier alpha value is -1.63. The molecule has 130 valence electrons. The first kappa shape index (κ1) is 15.9. The molecule has 1 atom stereocenters. The van der Waals surface area contributed by atoms with Gasteiger partial charge in [-0.15, -0.1) is 0 Å². The Kier molecular flexibility index (Phi) is 4.20. The monoisotopic (exact) mass is 347 g/mol. The summed E-state index contributed by atoms with van der Waals surface area (Å²) < 4.78 is 3.02. The minimum atomic E-state index is 0.128. The van der Waals surface area contributed by atoms with Crippen molar-refractivity contribution in [2.24, 2.45) is 13.0 Å². The van der Waals surface area contributed by atoms with Crippen molar-refractivity contribution in [3.05, 3.63) is 5.69 Å². The minimum absolute atomic E-state index is 0.128. The van der Waals surface area contributed by atoms with Crippen molar-refractivity contribution in [3.8, 4) is 0 Å². The van der Waals surface area contributed by atoms with Crippen molar-refractivity contribution in [1.29, 1.82) is 0 Å². The van der Waals surface area contributed by atoms with Crippen molar-refractivity contribution in [2.75, 3.05) is 31.1 Å². The molecule has 4 heterocycles. The third kappa shape index (κ3) is 2.79. The van der Waals surface area contributed by atoms with Gasteiger partial charge in [0.15, 0.2) is 10.8 Å². The number of piperidine rings is 2. The van der Waals surface area contributed by atoms with Gasteiger partial charge in [-0.05, 0) is 39.0 Å². The molecule has 6 nitrogen and oxygen atoms in total. The van der Waals surface area contributed by atoms with Crippen molar-refractivity contribution >= 4 is 32.7 Å². The SMILES string of the molecule is Cc1nn(C)c2nc(N3CCC[C@H](C(=O)N4CCCCC4)C3)sc12. The van der Waals surface area contributed by atoms with E-state index in [9.17, 15) is 4.79 Å². The summed E-state index contributed by atoms with van der Waals surface area (Å²) in [6, 6.07) is 0. The second kappa shape index (κ2) is 6.35. The molecule has 2 aromatic rings. The van der Waals surface area contributed by atoms with Gasteiger partial charge in [-0.3, -0.25) is 4.79 Å². The first-order valence-electron chi connectivity index (χ1n) is 8.97. The highest BCUT2D eigenvalue weighted by molar-refractivity contribution is 7.22. The summed E-state index contributed by atoms with van der Waals surface area (Å²) in [5.74, 6) is 0.487. The molecule has 0 bridgehead atoms. The predicted octanol–water partition coefficient (Wildman–Crippen LogP) is 2.57. The minimum Gasteiger partial charge on any atom is -0.347 e. The Morgan fingerprint density at radius 1 is 1.17 bits per heavy atom. The molecule has 2 fully saturated rings. The van der Waals surface area contributed by atoms with Crippen molar-refractivity contribution in [2.45, 2.75) is 39.0 Å². The fraction of sp³-hybridized carbons (Fsp3) is 0.706. The summed E-state index contributed by atoms with van der Waals surface area (Å²) >= 11 is 1.71. The average molecular weight is 347 g/mol. The number of hydrogen-bond acceptors (Lipinski definition) is 5. The molecule has 24 heavy (non-hydrogen) atoms. The van der Waals surface area contributed by atoms with Crippen LogP contribution in [0.3, 0.4) is 0 Å². The molecule has 0 aliphatic carbocycles. The Morgan fingerprint density at radius 2 is 1.96 bits per heavy atom. The molecule has 2 aliphatic rings. The Balaban J connectivity index is 1.51.